The zero-order valence-corrected chi connectivity index (χ0v) is 15.6. The monoisotopic (exact) mass is 361 g/mol. The van der Waals surface area contributed by atoms with Crippen LogP contribution in [0, 0.1) is 6.92 Å². The van der Waals surface area contributed by atoms with Gasteiger partial charge >= 0.3 is 0 Å². The van der Waals surface area contributed by atoms with E-state index in [9.17, 15) is 0 Å². The molecule has 0 spiro atoms. The van der Waals surface area contributed by atoms with Gasteiger partial charge in [-0.15, -0.1) is 0 Å². The lowest BCUT2D eigenvalue weighted by Crippen LogP contribution is -2.01. The maximum Gasteiger partial charge on any atom is 0.161 e. The van der Waals surface area contributed by atoms with E-state index >= 15 is 0 Å². The van der Waals surface area contributed by atoms with Gasteiger partial charge in [-0.25, -0.2) is 4.98 Å². The molecule has 2 aromatic carbocycles. The molecule has 0 fully saturated rings. The maximum atomic E-state index is 5.95. The van der Waals surface area contributed by atoms with Gasteiger partial charge in [0.25, 0.3) is 0 Å². The standard InChI is InChI=1S/C22H23N3O2/c1-3-26-21-14-19(15-24-25-22-6-4-5-13-23-22)11-12-20(21)27-16-18-9-7-17(2)8-10-18/h4-15H,3,16H2,1-2H3,(H,23,25)/b24-15+. The second kappa shape index (κ2) is 9.38. The van der Waals surface area contributed by atoms with E-state index in [-0.39, 0.29) is 0 Å². The lowest BCUT2D eigenvalue weighted by molar-refractivity contribution is 0.269. The molecule has 0 bridgehead atoms. The molecule has 0 saturated carbocycles. The number of aromatic nitrogens is 1. The van der Waals surface area contributed by atoms with E-state index in [0.717, 1.165) is 11.1 Å². The van der Waals surface area contributed by atoms with Gasteiger partial charge < -0.3 is 9.47 Å². The SMILES string of the molecule is CCOc1cc(/C=N/Nc2ccccn2)ccc1OCc1ccc(C)cc1. The van der Waals surface area contributed by atoms with Crippen molar-refractivity contribution in [2.45, 2.75) is 20.5 Å². The second-order valence-corrected chi connectivity index (χ2v) is 6.00. The molecule has 3 rings (SSSR count). The molecule has 27 heavy (non-hydrogen) atoms. The summed E-state index contributed by atoms with van der Waals surface area (Å²) in [4.78, 5) is 4.16. The molecule has 0 radical (unpaired) electrons. The number of aryl methyl sites for hydroxylation is 1. The number of anilines is 1. The van der Waals surface area contributed by atoms with Crippen LogP contribution >= 0.6 is 0 Å². The van der Waals surface area contributed by atoms with Gasteiger partial charge in [-0.05, 0) is 55.3 Å². The summed E-state index contributed by atoms with van der Waals surface area (Å²) in [6, 6.07) is 19.7. The highest BCUT2D eigenvalue weighted by molar-refractivity contribution is 5.81. The van der Waals surface area contributed by atoms with Crippen LogP contribution in [0.4, 0.5) is 5.82 Å². The molecule has 0 saturated heterocycles. The molecule has 0 aliphatic rings. The fourth-order valence-electron chi connectivity index (χ4n) is 2.44. The van der Waals surface area contributed by atoms with Crippen LogP contribution in [0.2, 0.25) is 0 Å². The fraction of sp³-hybridized carbons (Fsp3) is 0.182. The molecule has 0 unspecified atom stereocenters. The molecule has 0 atom stereocenters. The number of rotatable bonds is 8. The molecule has 0 aliphatic heterocycles. The molecular formula is C22H23N3O2. The fourth-order valence-corrected chi connectivity index (χ4v) is 2.44. The van der Waals surface area contributed by atoms with E-state index in [4.69, 9.17) is 9.47 Å². The molecular weight excluding hydrogens is 338 g/mol. The largest absolute Gasteiger partial charge is 0.490 e. The van der Waals surface area contributed by atoms with Crippen LogP contribution in [-0.4, -0.2) is 17.8 Å². The van der Waals surface area contributed by atoms with Crippen LogP contribution in [0.15, 0.2) is 72.0 Å². The Morgan fingerprint density at radius 2 is 1.85 bits per heavy atom. The lowest BCUT2D eigenvalue weighted by Gasteiger charge is -2.12. The topological polar surface area (TPSA) is 55.7 Å². The molecule has 0 aliphatic carbocycles. The first-order valence-corrected chi connectivity index (χ1v) is 8.90. The zero-order chi connectivity index (χ0) is 18.9. The van der Waals surface area contributed by atoms with Crippen LogP contribution in [-0.2, 0) is 6.61 Å². The van der Waals surface area contributed by atoms with Crippen LogP contribution < -0.4 is 14.9 Å². The number of hydrogen-bond acceptors (Lipinski definition) is 5. The van der Waals surface area contributed by atoms with E-state index < -0.39 is 0 Å². The van der Waals surface area contributed by atoms with E-state index in [1.807, 2.05) is 43.3 Å². The Morgan fingerprint density at radius 3 is 2.59 bits per heavy atom. The van der Waals surface area contributed by atoms with Crippen molar-refractivity contribution in [3.05, 3.63) is 83.6 Å². The summed E-state index contributed by atoms with van der Waals surface area (Å²) in [5, 5.41) is 4.21. The molecule has 1 heterocycles. The van der Waals surface area contributed by atoms with E-state index in [0.29, 0.717) is 30.5 Å². The highest BCUT2D eigenvalue weighted by atomic mass is 16.5. The molecule has 1 aromatic heterocycles. The minimum absolute atomic E-state index is 0.495. The van der Waals surface area contributed by atoms with Crippen molar-refractivity contribution in [3.63, 3.8) is 0 Å². The first-order valence-electron chi connectivity index (χ1n) is 8.90. The third kappa shape index (κ3) is 5.57. The Morgan fingerprint density at radius 1 is 1.00 bits per heavy atom. The van der Waals surface area contributed by atoms with Gasteiger partial charge in [-0.2, -0.15) is 5.10 Å². The van der Waals surface area contributed by atoms with Gasteiger partial charge in [0.15, 0.2) is 11.5 Å². The summed E-state index contributed by atoms with van der Waals surface area (Å²) in [7, 11) is 0. The molecule has 1 N–H and O–H groups in total. The average Bonchev–Trinajstić information content (AvgIpc) is 2.70. The normalized spacial score (nSPS) is 10.7. The van der Waals surface area contributed by atoms with Gasteiger partial charge in [-0.3, -0.25) is 5.43 Å². The van der Waals surface area contributed by atoms with E-state index in [1.165, 1.54) is 5.56 Å². The van der Waals surface area contributed by atoms with Crippen molar-refractivity contribution in [1.29, 1.82) is 0 Å². The van der Waals surface area contributed by atoms with Gasteiger partial charge in [0.2, 0.25) is 0 Å². The number of pyridine rings is 1. The zero-order valence-electron chi connectivity index (χ0n) is 15.6. The quantitative estimate of drug-likeness (QED) is 0.462. The Kier molecular flexibility index (Phi) is 6.41. The van der Waals surface area contributed by atoms with Crippen molar-refractivity contribution in [1.82, 2.24) is 4.98 Å². The minimum Gasteiger partial charge on any atom is -0.490 e. The Bertz CT molecular complexity index is 878. The lowest BCUT2D eigenvalue weighted by atomic mass is 10.2. The highest BCUT2D eigenvalue weighted by Gasteiger charge is 2.06. The van der Waals surface area contributed by atoms with E-state index in [2.05, 4.69) is 46.7 Å². The number of nitrogens with zero attached hydrogens (tertiary/aromatic N) is 2. The predicted octanol–water partition coefficient (Wildman–Crippen LogP) is 4.81. The van der Waals surface area contributed by atoms with Gasteiger partial charge in [0.05, 0.1) is 12.8 Å². The smallest absolute Gasteiger partial charge is 0.161 e. The third-order valence-corrected chi connectivity index (χ3v) is 3.84. The Labute approximate surface area is 159 Å². The highest BCUT2D eigenvalue weighted by Crippen LogP contribution is 2.29. The summed E-state index contributed by atoms with van der Waals surface area (Å²) >= 11 is 0. The molecule has 5 nitrogen and oxygen atoms in total. The summed E-state index contributed by atoms with van der Waals surface area (Å²) in [5.74, 6) is 2.11. The van der Waals surface area contributed by atoms with Crippen LogP contribution in [0.1, 0.15) is 23.6 Å². The van der Waals surface area contributed by atoms with Crippen LogP contribution in [0.5, 0.6) is 11.5 Å². The van der Waals surface area contributed by atoms with Crippen molar-refractivity contribution in [3.8, 4) is 11.5 Å². The maximum absolute atomic E-state index is 5.95. The second-order valence-electron chi connectivity index (χ2n) is 6.00. The van der Waals surface area contributed by atoms with Gasteiger partial charge in [0, 0.05) is 6.20 Å². The molecule has 5 heteroatoms. The number of ether oxygens (including phenoxy) is 2. The molecule has 138 valence electrons. The van der Waals surface area contributed by atoms with Gasteiger partial charge in [-0.1, -0.05) is 35.9 Å². The van der Waals surface area contributed by atoms with Crippen molar-refractivity contribution < 1.29 is 9.47 Å². The first-order chi connectivity index (χ1) is 13.2. The number of hydrogen-bond donors (Lipinski definition) is 1. The number of benzene rings is 2. The summed E-state index contributed by atoms with van der Waals surface area (Å²) in [5.41, 5.74) is 6.16. The van der Waals surface area contributed by atoms with Crippen molar-refractivity contribution >= 4 is 12.0 Å². The predicted molar refractivity (Wildman–Crippen MR) is 109 cm³/mol. The molecule has 0 amide bonds. The van der Waals surface area contributed by atoms with Crippen molar-refractivity contribution in [2.75, 3.05) is 12.0 Å². The Balaban J connectivity index is 1.67. The first kappa shape index (κ1) is 18.5. The average molecular weight is 361 g/mol. The van der Waals surface area contributed by atoms with Crippen LogP contribution in [0.3, 0.4) is 0 Å². The summed E-state index contributed by atoms with van der Waals surface area (Å²) < 4.78 is 11.7. The minimum atomic E-state index is 0.495. The summed E-state index contributed by atoms with van der Waals surface area (Å²) in [6.07, 6.45) is 3.44. The number of nitrogens with one attached hydrogen (secondary N) is 1. The third-order valence-electron chi connectivity index (χ3n) is 3.84. The number of hydrazone groups is 1. The van der Waals surface area contributed by atoms with Gasteiger partial charge in [0.1, 0.15) is 12.4 Å². The van der Waals surface area contributed by atoms with Crippen LogP contribution in [0.25, 0.3) is 0 Å². The summed E-state index contributed by atoms with van der Waals surface area (Å²) in [6.45, 7) is 5.08. The van der Waals surface area contributed by atoms with E-state index in [1.54, 1.807) is 12.4 Å². The van der Waals surface area contributed by atoms with Crippen molar-refractivity contribution in [2.24, 2.45) is 5.10 Å². The Hall–Kier alpha value is -3.34. The molecule has 3 aromatic rings.